The molecular formula is C10H21NO. The van der Waals surface area contributed by atoms with Crippen LogP contribution in [0.3, 0.4) is 0 Å². The standard InChI is InChI=1S/C10H21NO/c1-7-9(3,4)11-10(5,6)8(2)12/h11H,7H2,1-6H3. The minimum absolute atomic E-state index is 0.0369. The van der Waals surface area contributed by atoms with Gasteiger partial charge < -0.3 is 5.32 Å². The molecule has 2 heteroatoms. The minimum Gasteiger partial charge on any atom is -0.300 e. The predicted molar refractivity (Wildman–Crippen MR) is 52.3 cm³/mol. The fraction of sp³-hybridized carbons (Fsp3) is 0.900. The molecule has 0 aliphatic carbocycles. The lowest BCUT2D eigenvalue weighted by atomic mass is 9.93. The number of carbonyl (C=O) groups is 1. The quantitative estimate of drug-likeness (QED) is 0.702. The molecule has 0 spiro atoms. The molecule has 0 rings (SSSR count). The molecule has 0 atom stereocenters. The van der Waals surface area contributed by atoms with E-state index in [9.17, 15) is 4.79 Å². The Morgan fingerprint density at radius 2 is 1.67 bits per heavy atom. The normalized spacial score (nSPS) is 13.2. The molecule has 72 valence electrons. The first kappa shape index (κ1) is 11.6. The number of ketones is 1. The summed E-state index contributed by atoms with van der Waals surface area (Å²) < 4.78 is 0. The molecule has 0 saturated carbocycles. The monoisotopic (exact) mass is 171 g/mol. The van der Waals surface area contributed by atoms with Gasteiger partial charge in [0.2, 0.25) is 0 Å². The summed E-state index contributed by atoms with van der Waals surface area (Å²) in [5.41, 5.74) is -0.366. The minimum atomic E-state index is -0.403. The first-order valence-corrected chi connectivity index (χ1v) is 4.51. The van der Waals surface area contributed by atoms with E-state index in [1.807, 2.05) is 13.8 Å². The molecule has 0 amide bonds. The molecule has 0 fully saturated rings. The summed E-state index contributed by atoms with van der Waals surface area (Å²) in [6, 6.07) is 0. The molecule has 0 aromatic rings. The van der Waals surface area contributed by atoms with Gasteiger partial charge in [-0.15, -0.1) is 0 Å². The van der Waals surface area contributed by atoms with E-state index in [0.29, 0.717) is 0 Å². The molecule has 0 aromatic carbocycles. The van der Waals surface area contributed by atoms with Gasteiger partial charge in [0.05, 0.1) is 5.54 Å². The van der Waals surface area contributed by atoms with Gasteiger partial charge in [-0.1, -0.05) is 6.92 Å². The zero-order valence-electron chi connectivity index (χ0n) is 9.12. The maximum absolute atomic E-state index is 11.2. The van der Waals surface area contributed by atoms with Crippen LogP contribution in [0.2, 0.25) is 0 Å². The lowest BCUT2D eigenvalue weighted by Crippen LogP contribution is -2.55. The summed E-state index contributed by atoms with van der Waals surface area (Å²) in [4.78, 5) is 11.2. The van der Waals surface area contributed by atoms with Crippen molar-refractivity contribution in [3.63, 3.8) is 0 Å². The molecule has 0 unspecified atom stereocenters. The van der Waals surface area contributed by atoms with Crippen LogP contribution in [0.1, 0.15) is 48.0 Å². The van der Waals surface area contributed by atoms with E-state index >= 15 is 0 Å². The SMILES string of the molecule is CCC(C)(C)NC(C)(C)C(C)=O. The van der Waals surface area contributed by atoms with Crippen molar-refractivity contribution in [1.82, 2.24) is 5.32 Å². The number of hydrogen-bond acceptors (Lipinski definition) is 2. The highest BCUT2D eigenvalue weighted by molar-refractivity contribution is 5.85. The van der Waals surface area contributed by atoms with Crippen LogP contribution in [0.25, 0.3) is 0 Å². The van der Waals surface area contributed by atoms with Gasteiger partial charge in [-0.05, 0) is 41.0 Å². The van der Waals surface area contributed by atoms with E-state index in [4.69, 9.17) is 0 Å². The molecule has 0 aliphatic heterocycles. The van der Waals surface area contributed by atoms with Crippen LogP contribution in [0.5, 0.6) is 0 Å². The van der Waals surface area contributed by atoms with Crippen molar-refractivity contribution >= 4 is 5.78 Å². The van der Waals surface area contributed by atoms with Crippen LogP contribution in [0.15, 0.2) is 0 Å². The van der Waals surface area contributed by atoms with Crippen LogP contribution < -0.4 is 5.32 Å². The number of Topliss-reactive ketones (excluding diaryl/α,β-unsaturated/α-hetero) is 1. The second-order valence-corrected chi connectivity index (χ2v) is 4.54. The van der Waals surface area contributed by atoms with E-state index in [0.717, 1.165) is 6.42 Å². The van der Waals surface area contributed by atoms with Gasteiger partial charge in [-0.25, -0.2) is 0 Å². The summed E-state index contributed by atoms with van der Waals surface area (Å²) in [6.07, 6.45) is 1.02. The van der Waals surface area contributed by atoms with Crippen molar-refractivity contribution in [2.75, 3.05) is 0 Å². The Morgan fingerprint density at radius 3 is 1.92 bits per heavy atom. The van der Waals surface area contributed by atoms with Gasteiger partial charge in [0.15, 0.2) is 0 Å². The predicted octanol–water partition coefficient (Wildman–Crippen LogP) is 2.13. The van der Waals surface area contributed by atoms with Crippen LogP contribution in [-0.4, -0.2) is 16.9 Å². The second kappa shape index (κ2) is 3.56. The molecule has 1 N–H and O–H groups in total. The largest absolute Gasteiger partial charge is 0.300 e. The zero-order chi connectivity index (χ0) is 9.99. The lowest BCUT2D eigenvalue weighted by Gasteiger charge is -2.34. The van der Waals surface area contributed by atoms with Crippen LogP contribution in [0, 0.1) is 0 Å². The summed E-state index contributed by atoms with van der Waals surface area (Å²) in [5.74, 6) is 0.184. The van der Waals surface area contributed by atoms with E-state index in [1.165, 1.54) is 0 Å². The molecule has 0 aromatic heterocycles. The van der Waals surface area contributed by atoms with Gasteiger partial charge in [0, 0.05) is 5.54 Å². The number of nitrogens with one attached hydrogen (secondary N) is 1. The first-order chi connectivity index (χ1) is 5.21. The molecule has 0 aliphatic rings. The van der Waals surface area contributed by atoms with Crippen molar-refractivity contribution in [3.8, 4) is 0 Å². The Morgan fingerprint density at radius 1 is 1.25 bits per heavy atom. The Bertz CT molecular complexity index is 171. The molecule has 0 saturated heterocycles. The third kappa shape index (κ3) is 3.35. The lowest BCUT2D eigenvalue weighted by molar-refractivity contribution is -0.122. The first-order valence-electron chi connectivity index (χ1n) is 4.51. The smallest absolute Gasteiger partial charge is 0.149 e. The highest BCUT2D eigenvalue weighted by Crippen LogP contribution is 2.14. The van der Waals surface area contributed by atoms with E-state index in [-0.39, 0.29) is 11.3 Å². The Balaban J connectivity index is 4.34. The highest BCUT2D eigenvalue weighted by atomic mass is 16.1. The van der Waals surface area contributed by atoms with Crippen LogP contribution in [-0.2, 0) is 4.79 Å². The fourth-order valence-corrected chi connectivity index (χ4v) is 1.02. The molecule has 2 nitrogen and oxygen atoms in total. The summed E-state index contributed by atoms with van der Waals surface area (Å²) in [7, 11) is 0. The third-order valence-electron chi connectivity index (χ3n) is 2.41. The van der Waals surface area contributed by atoms with E-state index in [2.05, 4.69) is 26.1 Å². The Labute approximate surface area is 75.7 Å². The summed E-state index contributed by atoms with van der Waals surface area (Å²) in [5, 5.41) is 3.33. The molecule has 12 heavy (non-hydrogen) atoms. The van der Waals surface area contributed by atoms with Gasteiger partial charge in [0.1, 0.15) is 5.78 Å². The molecule has 0 radical (unpaired) electrons. The Kier molecular flexibility index (Phi) is 3.45. The maximum Gasteiger partial charge on any atom is 0.149 e. The average Bonchev–Trinajstić information content (AvgIpc) is 1.85. The van der Waals surface area contributed by atoms with Crippen molar-refractivity contribution in [2.45, 2.75) is 59.0 Å². The fourth-order valence-electron chi connectivity index (χ4n) is 1.02. The molecule has 0 heterocycles. The molecule has 0 bridgehead atoms. The third-order valence-corrected chi connectivity index (χ3v) is 2.41. The van der Waals surface area contributed by atoms with Gasteiger partial charge in [-0.3, -0.25) is 4.79 Å². The van der Waals surface area contributed by atoms with Gasteiger partial charge in [-0.2, -0.15) is 0 Å². The topological polar surface area (TPSA) is 29.1 Å². The summed E-state index contributed by atoms with van der Waals surface area (Å²) in [6.45, 7) is 11.8. The van der Waals surface area contributed by atoms with Gasteiger partial charge >= 0.3 is 0 Å². The number of rotatable bonds is 4. The summed E-state index contributed by atoms with van der Waals surface area (Å²) >= 11 is 0. The van der Waals surface area contributed by atoms with Crippen molar-refractivity contribution < 1.29 is 4.79 Å². The zero-order valence-corrected chi connectivity index (χ0v) is 9.12. The van der Waals surface area contributed by atoms with Crippen molar-refractivity contribution in [2.24, 2.45) is 0 Å². The van der Waals surface area contributed by atoms with Crippen molar-refractivity contribution in [3.05, 3.63) is 0 Å². The number of hydrogen-bond donors (Lipinski definition) is 1. The average molecular weight is 171 g/mol. The van der Waals surface area contributed by atoms with Gasteiger partial charge in [0.25, 0.3) is 0 Å². The van der Waals surface area contributed by atoms with Crippen molar-refractivity contribution in [1.29, 1.82) is 0 Å². The molecular weight excluding hydrogens is 150 g/mol. The van der Waals surface area contributed by atoms with Crippen LogP contribution in [0.4, 0.5) is 0 Å². The maximum atomic E-state index is 11.2. The van der Waals surface area contributed by atoms with E-state index in [1.54, 1.807) is 6.92 Å². The number of carbonyl (C=O) groups excluding carboxylic acids is 1. The van der Waals surface area contributed by atoms with Crippen LogP contribution >= 0.6 is 0 Å². The highest BCUT2D eigenvalue weighted by Gasteiger charge is 2.29. The van der Waals surface area contributed by atoms with E-state index < -0.39 is 5.54 Å². The Hall–Kier alpha value is -0.370. The second-order valence-electron chi connectivity index (χ2n) is 4.54.